The molecule has 1 aromatic rings. The Kier molecular flexibility index (Phi) is 4.41. The minimum Gasteiger partial charge on any atom is -0.391 e. The van der Waals surface area contributed by atoms with Crippen LogP contribution in [0, 0.1) is 11.8 Å². The molecule has 0 spiro atoms. The Morgan fingerprint density at radius 1 is 1.04 bits per heavy atom. The number of likely N-dealkylation sites (N-methyl/N-ethyl adjacent to an activating group) is 1. The number of nitrogens with zero attached hydrogens (tertiary/aromatic N) is 5. The van der Waals surface area contributed by atoms with Crippen LogP contribution in [0.3, 0.4) is 0 Å². The number of hydrogen-bond donors (Lipinski definition) is 1. The first kappa shape index (κ1) is 17.0. The third-order valence-corrected chi connectivity index (χ3v) is 7.28. The van der Waals surface area contributed by atoms with Crippen molar-refractivity contribution in [3.8, 4) is 0 Å². The molecule has 3 heterocycles. The second-order valence-corrected chi connectivity index (χ2v) is 8.93. The summed E-state index contributed by atoms with van der Waals surface area (Å²) in [6, 6.07) is 0.320. The third-order valence-electron chi connectivity index (χ3n) is 7.28. The molecule has 7 nitrogen and oxygen atoms in total. The number of aliphatic hydroxyl groups excluding tert-OH is 1. The standard InChI is InChI=1S/C19H31N5O2/c1-22-5-7-23(8-6-22)16-9-14-11-24(12-15(14)10-17(16)25)19-20-18(26-21-19)13-3-2-4-13/h13-17,25H,2-12H2,1H3/t14-,15+,16-,17-/m1/s1. The molecular formula is C19H31N5O2. The molecule has 0 bridgehead atoms. The van der Waals surface area contributed by atoms with Crippen LogP contribution in [0.5, 0.6) is 0 Å². The van der Waals surface area contributed by atoms with Crippen molar-refractivity contribution in [2.24, 2.45) is 11.8 Å². The molecule has 7 heteroatoms. The monoisotopic (exact) mass is 361 g/mol. The van der Waals surface area contributed by atoms with E-state index in [0.29, 0.717) is 23.8 Å². The van der Waals surface area contributed by atoms with Crippen molar-refractivity contribution in [3.05, 3.63) is 5.89 Å². The molecule has 0 aromatic carbocycles. The minimum atomic E-state index is -0.199. The second kappa shape index (κ2) is 6.77. The minimum absolute atomic E-state index is 0.199. The Hall–Kier alpha value is -1.18. The number of rotatable bonds is 3. The average molecular weight is 361 g/mol. The summed E-state index contributed by atoms with van der Waals surface area (Å²) < 4.78 is 5.52. The van der Waals surface area contributed by atoms with Crippen LogP contribution in [0.2, 0.25) is 0 Å². The molecule has 2 saturated heterocycles. The van der Waals surface area contributed by atoms with Crippen LogP contribution in [-0.4, -0.2) is 83.5 Å². The second-order valence-electron chi connectivity index (χ2n) is 8.93. The number of hydrogen-bond acceptors (Lipinski definition) is 7. The van der Waals surface area contributed by atoms with Crippen molar-refractivity contribution in [2.45, 2.75) is 50.2 Å². The summed E-state index contributed by atoms with van der Waals surface area (Å²) in [7, 11) is 2.18. The molecule has 4 aliphatic rings. The van der Waals surface area contributed by atoms with E-state index in [2.05, 4.69) is 31.9 Å². The van der Waals surface area contributed by atoms with Gasteiger partial charge in [0.15, 0.2) is 0 Å². The summed E-state index contributed by atoms with van der Waals surface area (Å²) in [4.78, 5) is 11.9. The van der Waals surface area contributed by atoms with Gasteiger partial charge in [0.05, 0.1) is 6.10 Å². The van der Waals surface area contributed by atoms with Crippen LogP contribution in [0.4, 0.5) is 5.95 Å². The summed E-state index contributed by atoms with van der Waals surface area (Å²) in [6.45, 7) is 6.34. The van der Waals surface area contributed by atoms with Gasteiger partial charge in [-0.15, -0.1) is 0 Å². The van der Waals surface area contributed by atoms with Crippen molar-refractivity contribution in [1.29, 1.82) is 0 Å². The SMILES string of the molecule is CN1CCN([C@@H]2C[C@@H]3CN(c4noc(C5CCC5)n4)C[C@@H]3C[C@H]2O)CC1. The van der Waals surface area contributed by atoms with Gasteiger partial charge in [-0.2, -0.15) is 4.98 Å². The van der Waals surface area contributed by atoms with Gasteiger partial charge in [0.2, 0.25) is 5.89 Å². The van der Waals surface area contributed by atoms with Crippen molar-refractivity contribution >= 4 is 5.95 Å². The van der Waals surface area contributed by atoms with E-state index >= 15 is 0 Å². The zero-order chi connectivity index (χ0) is 17.7. The fraction of sp³-hybridized carbons (Fsp3) is 0.895. The van der Waals surface area contributed by atoms with Gasteiger partial charge in [0.25, 0.3) is 5.95 Å². The van der Waals surface area contributed by atoms with Gasteiger partial charge in [0, 0.05) is 51.2 Å². The quantitative estimate of drug-likeness (QED) is 0.866. The molecule has 5 rings (SSSR count). The first-order valence-electron chi connectivity index (χ1n) is 10.4. The number of aliphatic hydroxyl groups is 1. The summed E-state index contributed by atoms with van der Waals surface area (Å²) >= 11 is 0. The fourth-order valence-corrected chi connectivity index (χ4v) is 5.29. The highest BCUT2D eigenvalue weighted by atomic mass is 16.5. The Morgan fingerprint density at radius 2 is 1.77 bits per heavy atom. The topological polar surface area (TPSA) is 68.9 Å². The van der Waals surface area contributed by atoms with E-state index < -0.39 is 0 Å². The molecule has 0 unspecified atom stereocenters. The van der Waals surface area contributed by atoms with Crippen LogP contribution in [0.25, 0.3) is 0 Å². The highest BCUT2D eigenvalue weighted by Crippen LogP contribution is 2.40. The molecule has 0 amide bonds. The summed E-state index contributed by atoms with van der Waals surface area (Å²) in [5.41, 5.74) is 0. The van der Waals surface area contributed by atoms with E-state index in [1.165, 1.54) is 19.3 Å². The molecule has 1 aromatic heterocycles. The lowest BCUT2D eigenvalue weighted by Crippen LogP contribution is -2.55. The highest BCUT2D eigenvalue weighted by Gasteiger charge is 2.44. The summed E-state index contributed by atoms with van der Waals surface area (Å²) in [5.74, 6) is 3.28. The molecule has 4 fully saturated rings. The predicted octanol–water partition coefficient (Wildman–Crippen LogP) is 1.16. The zero-order valence-electron chi connectivity index (χ0n) is 15.8. The molecule has 0 radical (unpaired) electrons. The van der Waals surface area contributed by atoms with E-state index in [1.54, 1.807) is 0 Å². The van der Waals surface area contributed by atoms with E-state index in [9.17, 15) is 5.11 Å². The first-order chi connectivity index (χ1) is 12.7. The lowest BCUT2D eigenvalue weighted by atomic mass is 9.77. The van der Waals surface area contributed by atoms with E-state index in [-0.39, 0.29) is 6.10 Å². The average Bonchev–Trinajstić information content (AvgIpc) is 3.20. The molecule has 1 N–H and O–H groups in total. The Morgan fingerprint density at radius 3 is 2.46 bits per heavy atom. The lowest BCUT2D eigenvalue weighted by molar-refractivity contribution is -0.0249. The lowest BCUT2D eigenvalue weighted by Gasteiger charge is -2.44. The molecule has 2 aliphatic heterocycles. The maximum atomic E-state index is 10.8. The van der Waals surface area contributed by atoms with Crippen LogP contribution in [0.1, 0.15) is 43.9 Å². The highest BCUT2D eigenvalue weighted by molar-refractivity contribution is 5.31. The maximum absolute atomic E-state index is 10.8. The van der Waals surface area contributed by atoms with Gasteiger partial charge < -0.3 is 19.4 Å². The number of aromatic nitrogens is 2. The summed E-state index contributed by atoms with van der Waals surface area (Å²) in [6.07, 6.45) is 5.46. The summed E-state index contributed by atoms with van der Waals surface area (Å²) in [5, 5.41) is 15.0. The van der Waals surface area contributed by atoms with Gasteiger partial charge in [0.1, 0.15) is 0 Å². The Bertz CT molecular complexity index is 625. The van der Waals surface area contributed by atoms with E-state index in [1.807, 2.05) is 0 Å². The smallest absolute Gasteiger partial charge is 0.266 e. The van der Waals surface area contributed by atoms with Crippen molar-refractivity contribution < 1.29 is 9.63 Å². The maximum Gasteiger partial charge on any atom is 0.266 e. The molecule has 2 saturated carbocycles. The van der Waals surface area contributed by atoms with Gasteiger partial charge in [-0.1, -0.05) is 6.42 Å². The third kappa shape index (κ3) is 3.04. The normalized spacial score (nSPS) is 36.9. The van der Waals surface area contributed by atoms with Crippen LogP contribution in [0.15, 0.2) is 4.52 Å². The van der Waals surface area contributed by atoms with Gasteiger partial charge in [-0.25, -0.2) is 0 Å². The number of piperazine rings is 1. The molecular weight excluding hydrogens is 330 g/mol. The molecule has 144 valence electrons. The molecule has 2 aliphatic carbocycles. The Labute approximate surface area is 155 Å². The van der Waals surface area contributed by atoms with E-state index in [4.69, 9.17) is 4.52 Å². The van der Waals surface area contributed by atoms with Gasteiger partial charge in [-0.05, 0) is 49.7 Å². The fourth-order valence-electron chi connectivity index (χ4n) is 5.29. The first-order valence-corrected chi connectivity index (χ1v) is 10.4. The van der Waals surface area contributed by atoms with Gasteiger partial charge >= 0.3 is 0 Å². The van der Waals surface area contributed by atoms with Gasteiger partial charge in [-0.3, -0.25) is 4.90 Å². The largest absolute Gasteiger partial charge is 0.391 e. The number of fused-ring (bicyclic) bond motifs is 1. The van der Waals surface area contributed by atoms with Crippen molar-refractivity contribution in [3.63, 3.8) is 0 Å². The predicted molar refractivity (Wildman–Crippen MR) is 98.2 cm³/mol. The van der Waals surface area contributed by atoms with Crippen molar-refractivity contribution in [1.82, 2.24) is 19.9 Å². The van der Waals surface area contributed by atoms with E-state index in [0.717, 1.165) is 63.9 Å². The van der Waals surface area contributed by atoms with Crippen LogP contribution < -0.4 is 4.90 Å². The number of anilines is 1. The zero-order valence-corrected chi connectivity index (χ0v) is 15.8. The van der Waals surface area contributed by atoms with Crippen LogP contribution >= 0.6 is 0 Å². The molecule has 4 atom stereocenters. The Balaban J connectivity index is 1.23. The van der Waals surface area contributed by atoms with Crippen LogP contribution in [-0.2, 0) is 0 Å². The molecule has 26 heavy (non-hydrogen) atoms. The van der Waals surface area contributed by atoms with Crippen molar-refractivity contribution in [2.75, 3.05) is 51.2 Å².